The zero-order chi connectivity index (χ0) is 21.3. The maximum atomic E-state index is 12.0. The van der Waals surface area contributed by atoms with Crippen LogP contribution in [0.25, 0.3) is 11.1 Å². The predicted octanol–water partition coefficient (Wildman–Crippen LogP) is 4.77. The van der Waals surface area contributed by atoms with E-state index in [1.807, 2.05) is 26.0 Å². The molecule has 1 heterocycles. The van der Waals surface area contributed by atoms with Crippen molar-refractivity contribution in [3.8, 4) is 29.0 Å². The lowest BCUT2D eigenvalue weighted by Gasteiger charge is -2.15. The Labute approximate surface area is 167 Å². The van der Waals surface area contributed by atoms with Gasteiger partial charge in [-0.25, -0.2) is 0 Å². The molecule has 2 rings (SSSR count). The van der Waals surface area contributed by atoms with Crippen LogP contribution in [0, 0.1) is 27.3 Å². The van der Waals surface area contributed by atoms with Crippen molar-refractivity contribution in [2.24, 2.45) is 0 Å². The minimum absolute atomic E-state index is 0.0737. The lowest BCUT2D eigenvalue weighted by Crippen LogP contribution is -2.20. The van der Waals surface area contributed by atoms with Crippen LogP contribution < -0.4 is 10.5 Å². The summed E-state index contributed by atoms with van der Waals surface area (Å²) < 4.78 is 33.9. The number of aromatic nitrogens is 1. The van der Waals surface area contributed by atoms with Gasteiger partial charge in [-0.1, -0.05) is 38.2 Å². The minimum Gasteiger partial charge on any atom is -0.488 e. The first kappa shape index (κ1) is 23.0. The monoisotopic (exact) mass is 406 g/mol. The first-order valence-corrected chi connectivity index (χ1v) is 8.81. The van der Waals surface area contributed by atoms with Crippen molar-refractivity contribution in [3.05, 3.63) is 40.0 Å². The molecule has 0 amide bonds. The zero-order valence-corrected chi connectivity index (χ0v) is 16.4. The van der Waals surface area contributed by atoms with Crippen LogP contribution in [0.3, 0.4) is 0 Å². The number of hydrogen-bond donors (Lipinski definition) is 2. The van der Waals surface area contributed by atoms with Crippen LogP contribution in [0.5, 0.6) is 5.75 Å². The van der Waals surface area contributed by atoms with Crippen LogP contribution in [0.4, 0.5) is 14.6 Å². The van der Waals surface area contributed by atoms with Gasteiger partial charge in [0.1, 0.15) is 40.0 Å². The Bertz CT molecular complexity index is 931. The Kier molecular flexibility index (Phi) is 9.03. The minimum atomic E-state index is -2.86. The molecule has 3 N–H and O–H groups in total. The van der Waals surface area contributed by atoms with Gasteiger partial charge in [0.25, 0.3) is 0 Å². The number of nitrogens with one attached hydrogen (secondary N) is 1. The Morgan fingerprint density at radius 1 is 1.14 bits per heavy atom. The van der Waals surface area contributed by atoms with E-state index in [-0.39, 0.29) is 28.2 Å². The molecular formula is C19H20F2N4O2S. The molecule has 1 aromatic heterocycles. The van der Waals surface area contributed by atoms with Gasteiger partial charge in [0.15, 0.2) is 0 Å². The maximum absolute atomic E-state index is 12.0. The number of anilines is 1. The maximum Gasteiger partial charge on any atom is 0.345 e. The van der Waals surface area contributed by atoms with Gasteiger partial charge < -0.3 is 20.2 Å². The molecular weight excluding hydrogens is 386 g/mol. The molecule has 148 valence electrons. The Morgan fingerprint density at radius 3 is 2.21 bits per heavy atom. The average Bonchev–Trinajstić information content (AvgIpc) is 2.68. The van der Waals surface area contributed by atoms with E-state index in [9.17, 15) is 19.3 Å². The quantitative estimate of drug-likeness (QED) is 0.669. The molecule has 2 aromatic rings. The number of aromatic amines is 1. The molecule has 0 fully saturated rings. The molecule has 1 atom stereocenters. The van der Waals surface area contributed by atoms with Gasteiger partial charge in [-0.05, 0) is 24.6 Å². The van der Waals surface area contributed by atoms with Gasteiger partial charge in [0.05, 0.1) is 12.2 Å². The third-order valence-electron chi connectivity index (χ3n) is 3.41. The van der Waals surface area contributed by atoms with E-state index in [1.165, 1.54) is 0 Å². The first-order chi connectivity index (χ1) is 13.4. The predicted molar refractivity (Wildman–Crippen MR) is 104 cm³/mol. The SMILES string of the molecule is CC.CC(COC(F)F)Oc1ccc(-c2c(C#N)c(N)[nH]c(=S)c2C#N)cc1. The number of alkyl halides is 2. The molecule has 0 radical (unpaired) electrons. The fraction of sp³-hybridized carbons (Fsp3) is 0.316. The van der Waals surface area contributed by atoms with E-state index in [0.29, 0.717) is 16.9 Å². The Hall–Kier alpha value is -3.01. The molecule has 1 unspecified atom stereocenters. The molecule has 0 saturated carbocycles. The number of hydrogen-bond acceptors (Lipinski definition) is 6. The van der Waals surface area contributed by atoms with Crippen molar-refractivity contribution in [2.45, 2.75) is 33.5 Å². The summed E-state index contributed by atoms with van der Waals surface area (Å²) in [5.41, 5.74) is 6.92. The lowest BCUT2D eigenvalue weighted by molar-refractivity contribution is -0.142. The summed E-state index contributed by atoms with van der Waals surface area (Å²) in [5.74, 6) is 0.495. The molecule has 1 aromatic carbocycles. The highest BCUT2D eigenvalue weighted by molar-refractivity contribution is 7.71. The summed E-state index contributed by atoms with van der Waals surface area (Å²) >= 11 is 5.10. The summed E-state index contributed by atoms with van der Waals surface area (Å²) in [4.78, 5) is 2.63. The van der Waals surface area contributed by atoms with E-state index in [0.717, 1.165) is 0 Å². The van der Waals surface area contributed by atoms with Gasteiger partial charge >= 0.3 is 6.61 Å². The second kappa shape index (κ2) is 11.0. The van der Waals surface area contributed by atoms with E-state index < -0.39 is 12.7 Å². The Balaban J connectivity index is 0.00000190. The smallest absolute Gasteiger partial charge is 0.345 e. The van der Waals surface area contributed by atoms with Crippen LogP contribution in [0.1, 0.15) is 31.9 Å². The summed E-state index contributed by atoms with van der Waals surface area (Å²) in [6.45, 7) is 2.47. The normalized spacial score (nSPS) is 11.0. The summed E-state index contributed by atoms with van der Waals surface area (Å²) in [7, 11) is 0. The van der Waals surface area contributed by atoms with E-state index in [4.69, 9.17) is 22.7 Å². The van der Waals surface area contributed by atoms with Gasteiger partial charge in [-0.15, -0.1) is 0 Å². The largest absolute Gasteiger partial charge is 0.488 e. The van der Waals surface area contributed by atoms with Crippen molar-refractivity contribution in [1.82, 2.24) is 4.98 Å². The molecule has 0 aliphatic rings. The molecule has 6 nitrogen and oxygen atoms in total. The standard InChI is InChI=1S/C17H14F2N4O2S.C2H6/c1-9(8-24-17(18)19)25-11-4-2-10(3-5-11)14-12(6-20)15(22)23-16(26)13(14)7-21;1-2/h2-5,9,17H,8H2,1H3,(H3,22,23,26);1-2H3. The fourth-order valence-electron chi connectivity index (χ4n) is 2.31. The number of ether oxygens (including phenoxy) is 2. The summed E-state index contributed by atoms with van der Waals surface area (Å²) in [5, 5.41) is 18.7. The molecule has 28 heavy (non-hydrogen) atoms. The number of rotatable bonds is 6. The number of benzene rings is 1. The van der Waals surface area contributed by atoms with Crippen molar-refractivity contribution in [2.75, 3.05) is 12.3 Å². The number of H-pyrrole nitrogens is 1. The zero-order valence-electron chi connectivity index (χ0n) is 15.6. The number of nitrogen functional groups attached to an aromatic ring is 1. The second-order valence-corrected chi connectivity index (χ2v) is 5.67. The lowest BCUT2D eigenvalue weighted by atomic mass is 9.97. The highest BCUT2D eigenvalue weighted by Gasteiger charge is 2.17. The van der Waals surface area contributed by atoms with Crippen molar-refractivity contribution in [3.63, 3.8) is 0 Å². The third kappa shape index (κ3) is 5.74. The second-order valence-electron chi connectivity index (χ2n) is 5.26. The van der Waals surface area contributed by atoms with Crippen LogP contribution in [-0.2, 0) is 4.74 Å². The first-order valence-electron chi connectivity index (χ1n) is 8.40. The molecule has 0 spiro atoms. The van der Waals surface area contributed by atoms with E-state index in [2.05, 4.69) is 9.72 Å². The summed E-state index contributed by atoms with van der Waals surface area (Å²) in [6.07, 6.45) is -0.583. The van der Waals surface area contributed by atoms with Crippen LogP contribution in [0.15, 0.2) is 24.3 Å². The third-order valence-corrected chi connectivity index (χ3v) is 3.71. The number of nitrogens with zero attached hydrogens (tertiary/aromatic N) is 2. The Morgan fingerprint density at radius 2 is 1.71 bits per heavy atom. The van der Waals surface area contributed by atoms with E-state index in [1.54, 1.807) is 31.2 Å². The fourth-order valence-corrected chi connectivity index (χ4v) is 2.56. The number of halogens is 2. The number of pyridine rings is 1. The molecule has 0 saturated heterocycles. The molecule has 0 bridgehead atoms. The van der Waals surface area contributed by atoms with Crippen LogP contribution in [-0.4, -0.2) is 24.3 Å². The van der Waals surface area contributed by atoms with Crippen molar-refractivity contribution in [1.29, 1.82) is 10.5 Å². The highest BCUT2D eigenvalue weighted by Crippen LogP contribution is 2.31. The van der Waals surface area contributed by atoms with Crippen molar-refractivity contribution >= 4 is 18.0 Å². The topological polar surface area (TPSA) is 108 Å². The number of nitrogens with two attached hydrogens (primary N) is 1. The summed E-state index contributed by atoms with van der Waals surface area (Å²) in [6, 6.07) is 10.4. The van der Waals surface area contributed by atoms with Gasteiger partial charge in [-0.3, -0.25) is 0 Å². The van der Waals surface area contributed by atoms with Gasteiger partial charge in [-0.2, -0.15) is 19.3 Å². The molecule has 0 aliphatic carbocycles. The molecule has 0 aliphatic heterocycles. The van der Waals surface area contributed by atoms with E-state index >= 15 is 0 Å². The van der Waals surface area contributed by atoms with Gasteiger partial charge in [0.2, 0.25) is 0 Å². The number of nitriles is 2. The highest BCUT2D eigenvalue weighted by atomic mass is 32.1. The van der Waals surface area contributed by atoms with Crippen molar-refractivity contribution < 1.29 is 18.3 Å². The van der Waals surface area contributed by atoms with Crippen LogP contribution >= 0.6 is 12.2 Å². The average molecular weight is 406 g/mol. The van der Waals surface area contributed by atoms with Crippen LogP contribution in [0.2, 0.25) is 0 Å². The molecule has 9 heteroatoms. The van der Waals surface area contributed by atoms with Gasteiger partial charge in [0, 0.05) is 5.56 Å².